The van der Waals surface area contributed by atoms with Crippen molar-refractivity contribution >= 4 is 17.6 Å². The summed E-state index contributed by atoms with van der Waals surface area (Å²) in [4.78, 5) is 24.4. The Labute approximate surface area is 145 Å². The molecule has 0 aromatic heterocycles. The monoisotopic (exact) mass is 341 g/mol. The van der Waals surface area contributed by atoms with Gasteiger partial charge in [0.25, 0.3) is 5.91 Å². The van der Waals surface area contributed by atoms with Gasteiger partial charge in [0.2, 0.25) is 6.10 Å². The highest BCUT2D eigenvalue weighted by Gasteiger charge is 2.31. The fourth-order valence-electron chi connectivity index (χ4n) is 2.32. The molecule has 0 aliphatic carbocycles. The molecule has 0 radical (unpaired) electrons. The van der Waals surface area contributed by atoms with E-state index in [2.05, 4.69) is 5.32 Å². The molecule has 2 aromatic rings. The van der Waals surface area contributed by atoms with E-state index in [1.807, 2.05) is 25.1 Å². The maximum absolute atomic E-state index is 12.2. The molecular formula is C19H19NO5. The zero-order valence-corrected chi connectivity index (χ0v) is 14.0. The molecule has 1 aliphatic heterocycles. The number of carbonyl (C=O) groups is 2. The number of hydrogen-bond acceptors (Lipinski definition) is 5. The Balaban J connectivity index is 1.55. The number of amides is 1. The van der Waals surface area contributed by atoms with Crippen molar-refractivity contribution in [2.45, 2.75) is 26.1 Å². The SMILES string of the molecule is Cc1ccc(NC(=O)[C@@H](C)OC(=O)[C@H]2COc3ccccc3O2)cc1. The first-order chi connectivity index (χ1) is 12.0. The molecular weight excluding hydrogens is 322 g/mol. The molecule has 2 aromatic carbocycles. The van der Waals surface area contributed by atoms with E-state index in [9.17, 15) is 9.59 Å². The third-order valence-corrected chi connectivity index (χ3v) is 3.75. The van der Waals surface area contributed by atoms with Gasteiger partial charge in [0.15, 0.2) is 17.6 Å². The number of benzene rings is 2. The van der Waals surface area contributed by atoms with Crippen LogP contribution >= 0.6 is 0 Å². The Morgan fingerprint density at radius 3 is 2.52 bits per heavy atom. The molecule has 6 heteroatoms. The Hall–Kier alpha value is -3.02. The lowest BCUT2D eigenvalue weighted by atomic mass is 10.2. The van der Waals surface area contributed by atoms with Crippen molar-refractivity contribution in [3.63, 3.8) is 0 Å². The van der Waals surface area contributed by atoms with Gasteiger partial charge in [-0.25, -0.2) is 4.79 Å². The second kappa shape index (κ2) is 7.25. The largest absolute Gasteiger partial charge is 0.485 e. The van der Waals surface area contributed by atoms with Crippen LogP contribution in [0.4, 0.5) is 5.69 Å². The average Bonchev–Trinajstić information content (AvgIpc) is 2.63. The first-order valence-electron chi connectivity index (χ1n) is 7.99. The van der Waals surface area contributed by atoms with Gasteiger partial charge in [-0.1, -0.05) is 29.8 Å². The molecule has 1 aliphatic rings. The fraction of sp³-hybridized carbons (Fsp3) is 0.263. The second-order valence-electron chi connectivity index (χ2n) is 5.80. The van der Waals surface area contributed by atoms with Gasteiger partial charge in [-0.05, 0) is 38.1 Å². The average molecular weight is 341 g/mol. The summed E-state index contributed by atoms with van der Waals surface area (Å²) in [6, 6.07) is 14.4. The summed E-state index contributed by atoms with van der Waals surface area (Å²) in [6.07, 6.45) is -1.85. The molecule has 0 spiro atoms. The predicted molar refractivity (Wildman–Crippen MR) is 91.7 cm³/mol. The predicted octanol–water partition coefficient (Wildman–Crippen LogP) is 2.71. The van der Waals surface area contributed by atoms with Crippen molar-refractivity contribution < 1.29 is 23.8 Å². The minimum atomic E-state index is -0.949. The standard InChI is InChI=1S/C19H19NO5/c1-12-7-9-14(10-8-12)20-18(21)13(2)24-19(22)17-11-23-15-5-3-4-6-16(15)25-17/h3-10,13,17H,11H2,1-2H3,(H,20,21)/t13-,17-/m1/s1. The normalized spacial score (nSPS) is 16.6. The molecule has 1 amide bonds. The van der Waals surface area contributed by atoms with E-state index in [4.69, 9.17) is 14.2 Å². The van der Waals surface area contributed by atoms with Crippen LogP contribution in [0, 0.1) is 6.92 Å². The molecule has 3 rings (SSSR count). The van der Waals surface area contributed by atoms with Crippen LogP contribution in [0.2, 0.25) is 0 Å². The van der Waals surface area contributed by atoms with Crippen LogP contribution in [-0.4, -0.2) is 30.7 Å². The summed E-state index contributed by atoms with van der Waals surface area (Å²) in [5.41, 5.74) is 1.73. The lowest BCUT2D eigenvalue weighted by Gasteiger charge is -2.25. The minimum Gasteiger partial charge on any atom is -0.485 e. The van der Waals surface area contributed by atoms with Gasteiger partial charge in [0.1, 0.15) is 6.61 Å². The number of anilines is 1. The fourth-order valence-corrected chi connectivity index (χ4v) is 2.32. The smallest absolute Gasteiger partial charge is 0.351 e. The summed E-state index contributed by atoms with van der Waals surface area (Å²) in [6.45, 7) is 3.52. The number of ether oxygens (including phenoxy) is 3. The quantitative estimate of drug-likeness (QED) is 0.866. The van der Waals surface area contributed by atoms with Crippen LogP contribution < -0.4 is 14.8 Å². The van der Waals surface area contributed by atoms with Gasteiger partial charge in [0, 0.05) is 5.69 Å². The number of hydrogen-bond donors (Lipinski definition) is 1. The van der Waals surface area contributed by atoms with Crippen LogP contribution in [0.25, 0.3) is 0 Å². The minimum absolute atomic E-state index is 0.0438. The number of aryl methyl sites for hydroxylation is 1. The Morgan fingerprint density at radius 1 is 1.12 bits per heavy atom. The van der Waals surface area contributed by atoms with E-state index >= 15 is 0 Å². The van der Waals surface area contributed by atoms with E-state index < -0.39 is 24.1 Å². The Morgan fingerprint density at radius 2 is 1.80 bits per heavy atom. The van der Waals surface area contributed by atoms with Crippen molar-refractivity contribution in [1.82, 2.24) is 0 Å². The molecule has 1 N–H and O–H groups in total. The second-order valence-corrected chi connectivity index (χ2v) is 5.80. The van der Waals surface area contributed by atoms with Gasteiger partial charge in [-0.2, -0.15) is 0 Å². The molecule has 2 atom stereocenters. The summed E-state index contributed by atoms with van der Waals surface area (Å²) >= 11 is 0. The van der Waals surface area contributed by atoms with Crippen molar-refractivity contribution in [2.24, 2.45) is 0 Å². The Bertz CT molecular complexity index is 772. The Kier molecular flexibility index (Phi) is 4.88. The lowest BCUT2D eigenvalue weighted by molar-refractivity contribution is -0.162. The molecule has 0 fully saturated rings. The van der Waals surface area contributed by atoms with Crippen molar-refractivity contribution in [3.8, 4) is 11.5 Å². The first kappa shape index (κ1) is 16.8. The zero-order chi connectivity index (χ0) is 17.8. The molecule has 0 saturated carbocycles. The number of rotatable bonds is 4. The van der Waals surface area contributed by atoms with Crippen LogP contribution in [-0.2, 0) is 14.3 Å². The van der Waals surface area contributed by atoms with Crippen LogP contribution in [0.15, 0.2) is 48.5 Å². The number of nitrogens with one attached hydrogen (secondary N) is 1. The van der Waals surface area contributed by atoms with Crippen molar-refractivity contribution in [3.05, 3.63) is 54.1 Å². The summed E-state index contributed by atoms with van der Waals surface area (Å²) in [5.74, 6) is 0.0135. The molecule has 25 heavy (non-hydrogen) atoms. The van der Waals surface area contributed by atoms with E-state index in [0.29, 0.717) is 17.2 Å². The summed E-state index contributed by atoms with van der Waals surface area (Å²) in [7, 11) is 0. The van der Waals surface area contributed by atoms with E-state index in [-0.39, 0.29) is 6.61 Å². The van der Waals surface area contributed by atoms with E-state index in [1.165, 1.54) is 6.92 Å². The van der Waals surface area contributed by atoms with Crippen molar-refractivity contribution in [1.29, 1.82) is 0 Å². The van der Waals surface area contributed by atoms with E-state index in [1.54, 1.807) is 30.3 Å². The maximum atomic E-state index is 12.2. The molecule has 0 saturated heterocycles. The molecule has 6 nitrogen and oxygen atoms in total. The number of carbonyl (C=O) groups excluding carboxylic acids is 2. The number of para-hydroxylation sites is 2. The van der Waals surface area contributed by atoms with Gasteiger partial charge in [-0.3, -0.25) is 4.79 Å². The molecule has 0 unspecified atom stereocenters. The maximum Gasteiger partial charge on any atom is 0.351 e. The molecule has 1 heterocycles. The highest BCUT2D eigenvalue weighted by atomic mass is 16.6. The van der Waals surface area contributed by atoms with Gasteiger partial charge >= 0.3 is 5.97 Å². The summed E-state index contributed by atoms with van der Waals surface area (Å²) < 4.78 is 16.3. The van der Waals surface area contributed by atoms with Crippen LogP contribution in [0.3, 0.4) is 0 Å². The van der Waals surface area contributed by atoms with Crippen LogP contribution in [0.5, 0.6) is 11.5 Å². The highest BCUT2D eigenvalue weighted by molar-refractivity contribution is 5.95. The highest BCUT2D eigenvalue weighted by Crippen LogP contribution is 2.31. The third kappa shape index (κ3) is 4.09. The van der Waals surface area contributed by atoms with Gasteiger partial charge in [0.05, 0.1) is 0 Å². The van der Waals surface area contributed by atoms with Gasteiger partial charge < -0.3 is 19.5 Å². The van der Waals surface area contributed by atoms with E-state index in [0.717, 1.165) is 5.56 Å². The zero-order valence-electron chi connectivity index (χ0n) is 14.0. The van der Waals surface area contributed by atoms with Crippen LogP contribution in [0.1, 0.15) is 12.5 Å². The number of esters is 1. The lowest BCUT2D eigenvalue weighted by Crippen LogP contribution is -2.41. The molecule has 130 valence electrons. The number of fused-ring (bicyclic) bond motifs is 1. The topological polar surface area (TPSA) is 73.9 Å². The molecule has 0 bridgehead atoms. The summed E-state index contributed by atoms with van der Waals surface area (Å²) in [5, 5.41) is 2.70. The van der Waals surface area contributed by atoms with Gasteiger partial charge in [-0.15, -0.1) is 0 Å². The third-order valence-electron chi connectivity index (χ3n) is 3.75. The first-order valence-corrected chi connectivity index (χ1v) is 7.99. The van der Waals surface area contributed by atoms with Crippen molar-refractivity contribution in [2.75, 3.05) is 11.9 Å².